The van der Waals surface area contributed by atoms with E-state index in [0.29, 0.717) is 24.1 Å². The van der Waals surface area contributed by atoms with Crippen LogP contribution < -0.4 is 16.4 Å². The Balaban J connectivity index is 1.28. The Labute approximate surface area is 164 Å². The maximum atomic E-state index is 12.6. The first-order valence-corrected chi connectivity index (χ1v) is 10.1. The van der Waals surface area contributed by atoms with Crippen molar-refractivity contribution in [3.05, 3.63) is 54.0 Å². The van der Waals surface area contributed by atoms with Gasteiger partial charge in [-0.05, 0) is 67.3 Å². The van der Waals surface area contributed by atoms with Gasteiger partial charge in [0.2, 0.25) is 5.91 Å². The van der Waals surface area contributed by atoms with Crippen molar-refractivity contribution < 1.29 is 14.0 Å². The number of fused-ring (bicyclic) bond motifs is 2. The van der Waals surface area contributed by atoms with E-state index in [9.17, 15) is 9.59 Å². The summed E-state index contributed by atoms with van der Waals surface area (Å²) in [6.07, 6.45) is 6.87. The number of carbonyl (C=O) groups is 2. The Morgan fingerprint density at radius 1 is 1.07 bits per heavy atom. The van der Waals surface area contributed by atoms with Gasteiger partial charge in [-0.25, -0.2) is 0 Å². The first-order chi connectivity index (χ1) is 13.6. The standard InChI is InChI=1S/C22H27N3O3/c23-20-15-3-1-4-16(20)12-17(11-15)21(26)24-13-14-6-8-18(9-7-14)25-22(27)19-5-2-10-28-19/h2,5-10,15-17,20H,1,3-4,11-13,23H2,(H,24,26)(H,25,27). The number of amides is 2. The second kappa shape index (κ2) is 8.19. The molecule has 2 fully saturated rings. The molecule has 2 atom stereocenters. The van der Waals surface area contributed by atoms with Gasteiger partial charge < -0.3 is 20.8 Å². The first-order valence-electron chi connectivity index (χ1n) is 10.1. The van der Waals surface area contributed by atoms with Crippen LogP contribution in [-0.4, -0.2) is 17.9 Å². The topological polar surface area (TPSA) is 97.4 Å². The summed E-state index contributed by atoms with van der Waals surface area (Å²) in [4.78, 5) is 24.6. The highest BCUT2D eigenvalue weighted by Crippen LogP contribution is 2.41. The molecule has 6 heteroatoms. The molecule has 1 aromatic heterocycles. The molecular formula is C22H27N3O3. The molecule has 2 unspecified atom stereocenters. The molecule has 0 radical (unpaired) electrons. The molecule has 2 bridgehead atoms. The maximum absolute atomic E-state index is 12.6. The fourth-order valence-corrected chi connectivity index (χ4v) is 4.64. The van der Waals surface area contributed by atoms with E-state index in [2.05, 4.69) is 10.6 Å². The number of hydrogen-bond donors (Lipinski definition) is 3. The molecule has 6 nitrogen and oxygen atoms in total. The third kappa shape index (κ3) is 4.12. The average molecular weight is 381 g/mol. The van der Waals surface area contributed by atoms with E-state index in [1.54, 1.807) is 12.1 Å². The average Bonchev–Trinajstić information content (AvgIpc) is 3.22. The SMILES string of the molecule is NC1C2CCCC1CC(C(=O)NCc1ccc(NC(=O)c3ccco3)cc1)C2. The number of rotatable bonds is 5. The molecular weight excluding hydrogens is 354 g/mol. The number of hydrogen-bond acceptors (Lipinski definition) is 4. The molecule has 0 aliphatic heterocycles. The van der Waals surface area contributed by atoms with E-state index in [-0.39, 0.29) is 29.5 Å². The molecule has 1 heterocycles. The van der Waals surface area contributed by atoms with Gasteiger partial charge in [0.1, 0.15) is 0 Å². The van der Waals surface area contributed by atoms with Crippen LogP contribution in [0.3, 0.4) is 0 Å². The van der Waals surface area contributed by atoms with E-state index < -0.39 is 0 Å². The fourth-order valence-electron chi connectivity index (χ4n) is 4.64. The van der Waals surface area contributed by atoms with Crippen LogP contribution in [0.4, 0.5) is 5.69 Å². The number of nitrogens with one attached hydrogen (secondary N) is 2. The van der Waals surface area contributed by atoms with Crippen LogP contribution in [0.2, 0.25) is 0 Å². The van der Waals surface area contributed by atoms with Crippen molar-refractivity contribution in [1.82, 2.24) is 5.32 Å². The first kappa shape index (κ1) is 18.7. The number of furan rings is 1. The highest BCUT2D eigenvalue weighted by molar-refractivity contribution is 6.02. The zero-order valence-corrected chi connectivity index (χ0v) is 15.9. The van der Waals surface area contributed by atoms with Crippen LogP contribution in [0, 0.1) is 17.8 Å². The molecule has 2 saturated carbocycles. The lowest BCUT2D eigenvalue weighted by Crippen LogP contribution is -2.49. The highest BCUT2D eigenvalue weighted by Gasteiger charge is 2.40. The summed E-state index contributed by atoms with van der Waals surface area (Å²) in [6.45, 7) is 0.489. The molecule has 28 heavy (non-hydrogen) atoms. The lowest BCUT2D eigenvalue weighted by atomic mass is 9.65. The van der Waals surface area contributed by atoms with Gasteiger partial charge in [0, 0.05) is 24.2 Å². The summed E-state index contributed by atoms with van der Waals surface area (Å²) in [6, 6.07) is 11.0. The lowest BCUT2D eigenvalue weighted by Gasteiger charge is -2.43. The molecule has 4 rings (SSSR count). The summed E-state index contributed by atoms with van der Waals surface area (Å²) >= 11 is 0. The van der Waals surface area contributed by atoms with Crippen molar-refractivity contribution >= 4 is 17.5 Å². The van der Waals surface area contributed by atoms with E-state index in [1.165, 1.54) is 12.7 Å². The van der Waals surface area contributed by atoms with Gasteiger partial charge in [-0.3, -0.25) is 9.59 Å². The van der Waals surface area contributed by atoms with E-state index >= 15 is 0 Å². The van der Waals surface area contributed by atoms with Crippen molar-refractivity contribution in [3.63, 3.8) is 0 Å². The number of anilines is 1. The zero-order chi connectivity index (χ0) is 19.5. The second-order valence-corrected chi connectivity index (χ2v) is 8.04. The van der Waals surface area contributed by atoms with Crippen molar-refractivity contribution in [2.45, 2.75) is 44.7 Å². The van der Waals surface area contributed by atoms with Crippen LogP contribution in [0.1, 0.15) is 48.2 Å². The van der Waals surface area contributed by atoms with Gasteiger partial charge in [0.25, 0.3) is 5.91 Å². The molecule has 0 saturated heterocycles. The summed E-state index contributed by atoms with van der Waals surface area (Å²) < 4.78 is 5.08. The lowest BCUT2D eigenvalue weighted by molar-refractivity contribution is -0.128. The van der Waals surface area contributed by atoms with Crippen molar-refractivity contribution in [1.29, 1.82) is 0 Å². The normalized spacial score (nSPS) is 26.5. The van der Waals surface area contributed by atoms with E-state index in [0.717, 1.165) is 31.2 Å². The van der Waals surface area contributed by atoms with Crippen LogP contribution in [0.25, 0.3) is 0 Å². The molecule has 2 aliphatic rings. The minimum absolute atomic E-state index is 0.0851. The van der Waals surface area contributed by atoms with Crippen LogP contribution in [0.15, 0.2) is 47.1 Å². The van der Waals surface area contributed by atoms with Crippen LogP contribution in [-0.2, 0) is 11.3 Å². The second-order valence-electron chi connectivity index (χ2n) is 8.04. The summed E-state index contributed by atoms with van der Waals surface area (Å²) in [7, 11) is 0. The quantitative estimate of drug-likeness (QED) is 0.740. The minimum Gasteiger partial charge on any atom is -0.459 e. The van der Waals surface area contributed by atoms with Crippen molar-refractivity contribution in [2.24, 2.45) is 23.5 Å². The number of nitrogens with two attached hydrogens (primary N) is 1. The van der Waals surface area contributed by atoms with E-state index in [1.807, 2.05) is 24.3 Å². The zero-order valence-electron chi connectivity index (χ0n) is 15.9. The molecule has 0 spiro atoms. The smallest absolute Gasteiger partial charge is 0.291 e. The van der Waals surface area contributed by atoms with Gasteiger partial charge >= 0.3 is 0 Å². The molecule has 4 N–H and O–H groups in total. The molecule has 2 aliphatic carbocycles. The largest absolute Gasteiger partial charge is 0.459 e. The molecule has 2 amide bonds. The Hall–Kier alpha value is -2.60. The minimum atomic E-state index is -0.285. The Bertz CT molecular complexity index is 802. The van der Waals surface area contributed by atoms with Crippen LogP contribution >= 0.6 is 0 Å². The number of carbonyl (C=O) groups excluding carboxylic acids is 2. The molecule has 2 aromatic rings. The van der Waals surface area contributed by atoms with Gasteiger partial charge in [-0.1, -0.05) is 18.6 Å². The monoisotopic (exact) mass is 381 g/mol. The van der Waals surface area contributed by atoms with Gasteiger partial charge in [-0.2, -0.15) is 0 Å². The fraction of sp³-hybridized carbons (Fsp3) is 0.455. The Kier molecular flexibility index (Phi) is 5.48. The van der Waals surface area contributed by atoms with Crippen molar-refractivity contribution in [3.8, 4) is 0 Å². The highest BCUT2D eigenvalue weighted by atomic mass is 16.3. The third-order valence-electron chi connectivity index (χ3n) is 6.21. The maximum Gasteiger partial charge on any atom is 0.291 e. The van der Waals surface area contributed by atoms with Crippen LogP contribution in [0.5, 0.6) is 0 Å². The number of benzene rings is 1. The summed E-state index contributed by atoms with van der Waals surface area (Å²) in [5, 5.41) is 5.86. The molecule has 148 valence electrons. The predicted octanol–water partition coefficient (Wildman–Crippen LogP) is 3.30. The van der Waals surface area contributed by atoms with Gasteiger partial charge in [0.05, 0.1) is 6.26 Å². The van der Waals surface area contributed by atoms with Crippen molar-refractivity contribution in [2.75, 3.05) is 5.32 Å². The predicted molar refractivity (Wildman–Crippen MR) is 106 cm³/mol. The van der Waals surface area contributed by atoms with E-state index in [4.69, 9.17) is 10.2 Å². The summed E-state index contributed by atoms with van der Waals surface area (Å²) in [5.41, 5.74) is 8.01. The Morgan fingerprint density at radius 3 is 2.43 bits per heavy atom. The third-order valence-corrected chi connectivity index (χ3v) is 6.21. The Morgan fingerprint density at radius 2 is 1.79 bits per heavy atom. The van der Waals surface area contributed by atoms with Gasteiger partial charge in [0.15, 0.2) is 5.76 Å². The summed E-state index contributed by atoms with van der Waals surface area (Å²) in [5.74, 6) is 1.21. The van der Waals surface area contributed by atoms with Gasteiger partial charge in [-0.15, -0.1) is 0 Å². The molecule has 1 aromatic carbocycles.